The van der Waals surface area contributed by atoms with Crippen molar-refractivity contribution in [2.45, 2.75) is 18.7 Å². The predicted molar refractivity (Wildman–Crippen MR) is 86.1 cm³/mol. The molecule has 2 aromatic carbocycles. The molecule has 0 aliphatic heterocycles. The van der Waals surface area contributed by atoms with Crippen LogP contribution in [0.1, 0.15) is 12.5 Å². The van der Waals surface area contributed by atoms with E-state index in [1.807, 2.05) is 6.92 Å². The van der Waals surface area contributed by atoms with Crippen molar-refractivity contribution < 1.29 is 22.1 Å². The summed E-state index contributed by atoms with van der Waals surface area (Å²) in [5.41, 5.74) is 1.32. The summed E-state index contributed by atoms with van der Waals surface area (Å²) in [4.78, 5) is 11.4. The molecule has 0 fully saturated rings. The number of ether oxygens (including phenoxy) is 1. The van der Waals surface area contributed by atoms with Crippen LogP contribution < -0.4 is 9.50 Å². The van der Waals surface area contributed by atoms with E-state index in [1.165, 1.54) is 24.3 Å². The highest BCUT2D eigenvalue weighted by Gasteiger charge is 2.16. The molecule has 0 aromatic heterocycles. The maximum absolute atomic E-state index is 12.2. The van der Waals surface area contributed by atoms with Crippen LogP contribution in [0.3, 0.4) is 0 Å². The molecule has 0 bridgehead atoms. The Morgan fingerprint density at radius 3 is 2.48 bits per heavy atom. The molecule has 1 amide bonds. The summed E-state index contributed by atoms with van der Waals surface area (Å²) in [7, 11) is -3.93. The van der Waals surface area contributed by atoms with Crippen molar-refractivity contribution in [1.29, 1.82) is 0 Å². The van der Waals surface area contributed by atoms with Crippen molar-refractivity contribution in [1.82, 2.24) is 0 Å². The van der Waals surface area contributed by atoms with E-state index in [-0.39, 0.29) is 17.3 Å². The molecular formula is C16H17NO5S. The third-order valence-electron chi connectivity index (χ3n) is 2.87. The van der Waals surface area contributed by atoms with Gasteiger partial charge in [0.1, 0.15) is 10.6 Å². The molecule has 2 aromatic rings. The molecule has 6 nitrogen and oxygen atoms in total. The monoisotopic (exact) mass is 335 g/mol. The number of nitrogens with one attached hydrogen (secondary N) is 1. The molecule has 0 saturated heterocycles. The van der Waals surface area contributed by atoms with Crippen molar-refractivity contribution in [3.05, 3.63) is 54.1 Å². The summed E-state index contributed by atoms with van der Waals surface area (Å²) in [6.45, 7) is 3.79. The number of aryl methyl sites for hydroxylation is 1. The Labute approximate surface area is 135 Å². The van der Waals surface area contributed by atoms with Crippen LogP contribution in [-0.2, 0) is 14.9 Å². The van der Waals surface area contributed by atoms with Crippen LogP contribution in [0, 0.1) is 6.92 Å². The molecule has 0 atom stereocenters. The second-order valence-corrected chi connectivity index (χ2v) is 6.27. The smallest absolute Gasteiger partial charge is 0.411 e. The molecule has 0 unspecified atom stereocenters. The van der Waals surface area contributed by atoms with Crippen LogP contribution in [0.15, 0.2) is 53.4 Å². The fraction of sp³-hybridized carbons (Fsp3) is 0.188. The van der Waals surface area contributed by atoms with Gasteiger partial charge < -0.3 is 8.92 Å². The summed E-state index contributed by atoms with van der Waals surface area (Å²) in [6.07, 6.45) is -0.619. The second-order valence-electron chi connectivity index (χ2n) is 4.72. The second kappa shape index (κ2) is 7.15. The van der Waals surface area contributed by atoms with Gasteiger partial charge >= 0.3 is 16.2 Å². The van der Waals surface area contributed by atoms with Gasteiger partial charge in [-0.3, -0.25) is 5.32 Å². The SMILES string of the molecule is CCOC(=O)Nc1cccc(OS(=O)(=O)c2ccc(C)cc2)c1. The molecular weight excluding hydrogens is 318 g/mol. The normalized spacial score (nSPS) is 10.9. The molecule has 0 aliphatic rings. The van der Waals surface area contributed by atoms with Gasteiger partial charge in [-0.05, 0) is 38.1 Å². The van der Waals surface area contributed by atoms with Gasteiger partial charge in [-0.1, -0.05) is 23.8 Å². The predicted octanol–water partition coefficient (Wildman–Crippen LogP) is 3.33. The number of hydrogen-bond donors (Lipinski definition) is 1. The molecule has 0 spiro atoms. The standard InChI is InChI=1S/C16H17NO5S/c1-3-21-16(18)17-13-5-4-6-14(11-13)22-23(19,20)15-9-7-12(2)8-10-15/h4-11H,3H2,1-2H3,(H,17,18). The Bertz CT molecular complexity index is 784. The summed E-state index contributed by atoms with van der Waals surface area (Å²) in [6, 6.07) is 12.4. The molecule has 1 N–H and O–H groups in total. The summed E-state index contributed by atoms with van der Waals surface area (Å²) < 4.78 is 34.3. The average Bonchev–Trinajstić information content (AvgIpc) is 2.47. The average molecular weight is 335 g/mol. The van der Waals surface area contributed by atoms with E-state index in [1.54, 1.807) is 31.2 Å². The highest BCUT2D eigenvalue weighted by Crippen LogP contribution is 2.22. The molecule has 23 heavy (non-hydrogen) atoms. The summed E-state index contributed by atoms with van der Waals surface area (Å²) in [5, 5.41) is 2.48. The maximum Gasteiger partial charge on any atom is 0.411 e. The highest BCUT2D eigenvalue weighted by molar-refractivity contribution is 7.87. The zero-order valence-electron chi connectivity index (χ0n) is 12.8. The van der Waals surface area contributed by atoms with E-state index in [4.69, 9.17) is 8.92 Å². The summed E-state index contributed by atoms with van der Waals surface area (Å²) in [5.74, 6) is 0.0971. The lowest BCUT2D eigenvalue weighted by Crippen LogP contribution is -2.13. The zero-order valence-corrected chi connectivity index (χ0v) is 13.6. The molecule has 122 valence electrons. The first-order valence-corrected chi connectivity index (χ1v) is 8.36. The number of carbonyl (C=O) groups excluding carboxylic acids is 1. The Hall–Kier alpha value is -2.54. The van der Waals surface area contributed by atoms with Gasteiger partial charge in [0.05, 0.1) is 6.61 Å². The Kier molecular flexibility index (Phi) is 5.23. The number of benzene rings is 2. The van der Waals surface area contributed by atoms with Gasteiger partial charge in [0.15, 0.2) is 0 Å². The van der Waals surface area contributed by atoms with Crippen LogP contribution in [0.4, 0.5) is 10.5 Å². The van der Waals surface area contributed by atoms with E-state index in [9.17, 15) is 13.2 Å². The van der Waals surface area contributed by atoms with E-state index in [2.05, 4.69) is 5.32 Å². The van der Waals surface area contributed by atoms with E-state index in [0.717, 1.165) is 5.56 Å². The lowest BCUT2D eigenvalue weighted by molar-refractivity contribution is 0.168. The van der Waals surface area contributed by atoms with E-state index >= 15 is 0 Å². The van der Waals surface area contributed by atoms with Crippen molar-refractivity contribution in [2.24, 2.45) is 0 Å². The van der Waals surface area contributed by atoms with Gasteiger partial charge in [-0.2, -0.15) is 8.42 Å². The quantitative estimate of drug-likeness (QED) is 0.848. The lowest BCUT2D eigenvalue weighted by Gasteiger charge is -2.09. The minimum atomic E-state index is -3.93. The van der Waals surface area contributed by atoms with Crippen molar-refractivity contribution >= 4 is 21.9 Å². The van der Waals surface area contributed by atoms with Crippen molar-refractivity contribution in [3.8, 4) is 5.75 Å². The highest BCUT2D eigenvalue weighted by atomic mass is 32.2. The Balaban J connectivity index is 2.16. The molecule has 0 radical (unpaired) electrons. The molecule has 0 heterocycles. The number of rotatable bonds is 5. The van der Waals surface area contributed by atoms with Gasteiger partial charge in [0.2, 0.25) is 0 Å². The van der Waals surface area contributed by atoms with Crippen molar-refractivity contribution in [2.75, 3.05) is 11.9 Å². The van der Waals surface area contributed by atoms with E-state index < -0.39 is 16.2 Å². The minimum Gasteiger partial charge on any atom is -0.450 e. The molecule has 2 rings (SSSR count). The lowest BCUT2D eigenvalue weighted by atomic mass is 10.2. The van der Waals surface area contributed by atoms with Gasteiger partial charge in [-0.25, -0.2) is 4.79 Å². The maximum atomic E-state index is 12.2. The van der Waals surface area contributed by atoms with Crippen LogP contribution in [0.5, 0.6) is 5.75 Å². The van der Waals surface area contributed by atoms with E-state index in [0.29, 0.717) is 5.69 Å². The van der Waals surface area contributed by atoms with Crippen molar-refractivity contribution in [3.63, 3.8) is 0 Å². The molecule has 0 aliphatic carbocycles. The van der Waals surface area contributed by atoms with Gasteiger partial charge in [-0.15, -0.1) is 0 Å². The third kappa shape index (κ3) is 4.72. The zero-order chi connectivity index (χ0) is 16.9. The number of hydrogen-bond acceptors (Lipinski definition) is 5. The molecule has 7 heteroatoms. The van der Waals surface area contributed by atoms with Crippen LogP contribution in [-0.4, -0.2) is 21.1 Å². The number of carbonyl (C=O) groups is 1. The first-order chi connectivity index (χ1) is 10.9. The van der Waals surface area contributed by atoms with Gasteiger partial charge in [0.25, 0.3) is 0 Å². The fourth-order valence-corrected chi connectivity index (χ4v) is 2.71. The molecule has 0 saturated carbocycles. The van der Waals surface area contributed by atoms with Crippen LogP contribution >= 0.6 is 0 Å². The van der Waals surface area contributed by atoms with Gasteiger partial charge in [0, 0.05) is 11.8 Å². The van der Waals surface area contributed by atoms with Crippen LogP contribution in [0.25, 0.3) is 0 Å². The minimum absolute atomic E-state index is 0.0619. The Morgan fingerprint density at radius 1 is 1.13 bits per heavy atom. The topological polar surface area (TPSA) is 81.7 Å². The third-order valence-corrected chi connectivity index (χ3v) is 4.13. The first kappa shape index (κ1) is 16.8. The number of amides is 1. The first-order valence-electron chi connectivity index (χ1n) is 6.96. The summed E-state index contributed by atoms with van der Waals surface area (Å²) >= 11 is 0. The largest absolute Gasteiger partial charge is 0.450 e. The van der Waals surface area contributed by atoms with Crippen LogP contribution in [0.2, 0.25) is 0 Å². The Morgan fingerprint density at radius 2 is 1.83 bits per heavy atom. The fourth-order valence-electron chi connectivity index (χ4n) is 1.79. The number of anilines is 1.